The zero-order valence-electron chi connectivity index (χ0n) is 20.3. The number of fused-ring (bicyclic) bond motifs is 1. The lowest BCUT2D eigenvalue weighted by molar-refractivity contribution is -0.130. The van der Waals surface area contributed by atoms with Gasteiger partial charge in [0.05, 0.1) is 12.2 Å². The Morgan fingerprint density at radius 2 is 1.76 bits per heavy atom. The van der Waals surface area contributed by atoms with Crippen LogP contribution in [0.5, 0.6) is 0 Å². The van der Waals surface area contributed by atoms with E-state index in [0.29, 0.717) is 30.2 Å². The van der Waals surface area contributed by atoms with Gasteiger partial charge in [-0.3, -0.25) is 4.79 Å². The van der Waals surface area contributed by atoms with Gasteiger partial charge < -0.3 is 14.2 Å². The van der Waals surface area contributed by atoms with Gasteiger partial charge >= 0.3 is 5.97 Å². The normalized spacial score (nSPS) is 11.0. The molecule has 0 fully saturated rings. The Balaban J connectivity index is 1.48. The van der Waals surface area contributed by atoms with Gasteiger partial charge in [-0.05, 0) is 43.0 Å². The van der Waals surface area contributed by atoms with E-state index in [0.717, 1.165) is 61.5 Å². The smallest absolute Gasteiger partial charge is 0.340 e. The summed E-state index contributed by atoms with van der Waals surface area (Å²) in [4.78, 5) is 26.7. The molecule has 0 spiro atoms. The van der Waals surface area contributed by atoms with E-state index in [-0.39, 0.29) is 11.9 Å². The van der Waals surface area contributed by atoms with Crippen molar-refractivity contribution in [3.8, 4) is 0 Å². The first-order chi connectivity index (χ1) is 16.5. The van der Waals surface area contributed by atoms with Gasteiger partial charge in [-0.1, -0.05) is 68.1 Å². The van der Waals surface area contributed by atoms with Gasteiger partial charge in [-0.25, -0.2) is 4.79 Å². The fourth-order valence-electron chi connectivity index (χ4n) is 4.03. The van der Waals surface area contributed by atoms with Crippen molar-refractivity contribution >= 4 is 34.4 Å². The molecule has 5 nitrogen and oxygen atoms in total. The SMILES string of the molecule is CCCCN(C)C(=O)CCCCCCOC(=O)c1cn(Cc2ccccc2)c2ccc(Cl)cc12. The molecule has 0 aliphatic rings. The third-order valence-corrected chi connectivity index (χ3v) is 6.28. The molecule has 0 aliphatic carbocycles. The zero-order valence-corrected chi connectivity index (χ0v) is 21.0. The summed E-state index contributed by atoms with van der Waals surface area (Å²) < 4.78 is 7.64. The second kappa shape index (κ2) is 13.2. The molecule has 0 N–H and O–H groups in total. The number of amides is 1. The highest BCUT2D eigenvalue weighted by molar-refractivity contribution is 6.31. The molecule has 0 aliphatic heterocycles. The molecule has 1 amide bonds. The van der Waals surface area contributed by atoms with E-state index in [1.54, 1.807) is 0 Å². The molecule has 34 heavy (non-hydrogen) atoms. The number of hydrogen-bond donors (Lipinski definition) is 0. The number of unbranched alkanes of at least 4 members (excludes halogenated alkanes) is 4. The molecular weight excluding hydrogens is 448 g/mol. The van der Waals surface area contributed by atoms with Crippen molar-refractivity contribution in [1.82, 2.24) is 9.47 Å². The van der Waals surface area contributed by atoms with Gasteiger partial charge in [0.1, 0.15) is 0 Å². The maximum atomic E-state index is 12.8. The number of carbonyl (C=O) groups excluding carboxylic acids is 2. The molecular formula is C28H35ClN2O3. The average Bonchev–Trinajstić information content (AvgIpc) is 3.19. The van der Waals surface area contributed by atoms with E-state index in [2.05, 4.69) is 23.6 Å². The van der Waals surface area contributed by atoms with Crippen LogP contribution < -0.4 is 0 Å². The number of aromatic nitrogens is 1. The molecule has 1 heterocycles. The third-order valence-electron chi connectivity index (χ3n) is 6.05. The maximum absolute atomic E-state index is 12.8. The quantitative estimate of drug-likeness (QED) is 0.201. The van der Waals surface area contributed by atoms with Crippen LogP contribution in [0.25, 0.3) is 10.9 Å². The summed E-state index contributed by atoms with van der Waals surface area (Å²) in [7, 11) is 1.88. The van der Waals surface area contributed by atoms with Crippen LogP contribution in [0.15, 0.2) is 54.7 Å². The van der Waals surface area contributed by atoms with E-state index < -0.39 is 0 Å². The van der Waals surface area contributed by atoms with Crippen molar-refractivity contribution in [3.05, 3.63) is 70.9 Å². The average molecular weight is 483 g/mol. The summed E-state index contributed by atoms with van der Waals surface area (Å²) in [5.41, 5.74) is 2.65. The third kappa shape index (κ3) is 7.36. The maximum Gasteiger partial charge on any atom is 0.340 e. The van der Waals surface area contributed by atoms with Gasteiger partial charge in [0.2, 0.25) is 5.91 Å². The standard InChI is InChI=1S/C28H35ClN2O3/c1-3-4-17-30(2)27(32)14-10-5-6-11-18-34-28(33)25-21-31(20-22-12-8-7-9-13-22)26-16-15-23(29)19-24(25)26/h7-9,12-13,15-16,19,21H,3-6,10-11,14,17-18,20H2,1-2H3. The number of esters is 1. The van der Waals surface area contributed by atoms with E-state index in [1.807, 2.05) is 54.5 Å². The minimum Gasteiger partial charge on any atom is -0.462 e. The van der Waals surface area contributed by atoms with Crippen LogP contribution in [0.3, 0.4) is 0 Å². The summed E-state index contributed by atoms with van der Waals surface area (Å²) >= 11 is 6.22. The highest BCUT2D eigenvalue weighted by Crippen LogP contribution is 2.26. The van der Waals surface area contributed by atoms with Crippen LogP contribution in [-0.2, 0) is 16.1 Å². The van der Waals surface area contributed by atoms with Crippen LogP contribution in [-0.4, -0.2) is 41.5 Å². The van der Waals surface area contributed by atoms with Gasteiger partial charge in [0.25, 0.3) is 0 Å². The molecule has 0 unspecified atom stereocenters. The summed E-state index contributed by atoms with van der Waals surface area (Å²) in [6.45, 7) is 4.00. The van der Waals surface area contributed by atoms with Crippen LogP contribution in [0.1, 0.15) is 67.8 Å². The molecule has 182 valence electrons. The van der Waals surface area contributed by atoms with E-state index in [1.165, 1.54) is 0 Å². The Kier molecular flexibility index (Phi) is 10.0. The summed E-state index contributed by atoms with van der Waals surface area (Å²) in [6.07, 6.45) is 8.13. The molecule has 6 heteroatoms. The lowest BCUT2D eigenvalue weighted by Gasteiger charge is -2.16. The Morgan fingerprint density at radius 3 is 2.53 bits per heavy atom. The summed E-state index contributed by atoms with van der Waals surface area (Å²) in [5, 5.41) is 1.40. The molecule has 1 aromatic heterocycles. The first kappa shape index (κ1) is 25.8. The Morgan fingerprint density at radius 1 is 1.00 bits per heavy atom. The minimum absolute atomic E-state index is 0.213. The highest BCUT2D eigenvalue weighted by atomic mass is 35.5. The van der Waals surface area contributed by atoms with Crippen molar-refractivity contribution in [2.24, 2.45) is 0 Å². The van der Waals surface area contributed by atoms with Gasteiger partial charge in [-0.15, -0.1) is 0 Å². The van der Waals surface area contributed by atoms with Crippen molar-refractivity contribution in [1.29, 1.82) is 0 Å². The predicted octanol–water partition coefficient (Wildman–Crippen LogP) is 6.71. The fraction of sp³-hybridized carbons (Fsp3) is 0.429. The first-order valence-corrected chi connectivity index (χ1v) is 12.6. The Bertz CT molecular complexity index is 1080. The van der Waals surface area contributed by atoms with Gasteiger partial charge in [-0.2, -0.15) is 0 Å². The largest absolute Gasteiger partial charge is 0.462 e. The molecule has 3 rings (SSSR count). The number of rotatable bonds is 13. The number of nitrogens with zero attached hydrogens (tertiary/aromatic N) is 2. The van der Waals surface area contributed by atoms with Crippen molar-refractivity contribution in [3.63, 3.8) is 0 Å². The van der Waals surface area contributed by atoms with Crippen LogP contribution in [0.4, 0.5) is 0 Å². The van der Waals surface area contributed by atoms with E-state index in [9.17, 15) is 9.59 Å². The van der Waals surface area contributed by atoms with Crippen molar-refractivity contribution in [2.45, 2.75) is 58.4 Å². The number of carbonyl (C=O) groups is 2. The Labute approximate surface area is 207 Å². The molecule has 0 saturated carbocycles. The highest BCUT2D eigenvalue weighted by Gasteiger charge is 2.17. The van der Waals surface area contributed by atoms with Crippen molar-refractivity contribution in [2.75, 3.05) is 20.2 Å². The second-order valence-corrected chi connectivity index (χ2v) is 9.22. The zero-order chi connectivity index (χ0) is 24.3. The van der Waals surface area contributed by atoms with E-state index >= 15 is 0 Å². The fourth-order valence-corrected chi connectivity index (χ4v) is 4.20. The van der Waals surface area contributed by atoms with Gasteiger partial charge in [0.15, 0.2) is 0 Å². The Hall–Kier alpha value is -2.79. The van der Waals surface area contributed by atoms with Crippen LogP contribution in [0.2, 0.25) is 5.02 Å². The monoisotopic (exact) mass is 482 g/mol. The van der Waals surface area contributed by atoms with Crippen molar-refractivity contribution < 1.29 is 14.3 Å². The number of benzene rings is 2. The lowest BCUT2D eigenvalue weighted by Crippen LogP contribution is -2.27. The number of halogens is 1. The molecule has 3 aromatic rings. The number of hydrogen-bond acceptors (Lipinski definition) is 3. The molecule has 0 radical (unpaired) electrons. The summed E-state index contributed by atoms with van der Waals surface area (Å²) in [5.74, 6) is -0.114. The first-order valence-electron chi connectivity index (χ1n) is 12.2. The van der Waals surface area contributed by atoms with E-state index in [4.69, 9.17) is 16.3 Å². The lowest BCUT2D eigenvalue weighted by atomic mass is 10.1. The number of ether oxygens (including phenoxy) is 1. The summed E-state index contributed by atoms with van der Waals surface area (Å²) in [6, 6.07) is 15.7. The molecule has 0 atom stereocenters. The second-order valence-electron chi connectivity index (χ2n) is 8.79. The topological polar surface area (TPSA) is 51.5 Å². The van der Waals surface area contributed by atoms with Crippen LogP contribution >= 0.6 is 11.6 Å². The van der Waals surface area contributed by atoms with Gasteiger partial charge in [0, 0.05) is 48.7 Å². The van der Waals surface area contributed by atoms with Crippen LogP contribution in [0, 0.1) is 0 Å². The minimum atomic E-state index is -0.327. The molecule has 0 saturated heterocycles. The molecule has 2 aromatic carbocycles. The molecule has 0 bridgehead atoms. The predicted molar refractivity (Wildman–Crippen MR) is 138 cm³/mol.